The molecule has 1 amide bonds. The van der Waals surface area contributed by atoms with Crippen LogP contribution in [0, 0.1) is 13.8 Å². The zero-order valence-electron chi connectivity index (χ0n) is 13.9. The molecule has 24 heavy (non-hydrogen) atoms. The second kappa shape index (κ2) is 6.84. The lowest BCUT2D eigenvalue weighted by Crippen LogP contribution is -2.35. The molecule has 3 N–H and O–H groups in total. The number of oxazole rings is 1. The monoisotopic (exact) mass is 323 g/mol. The number of hydrogen-bond donors (Lipinski definition) is 2. The van der Waals surface area contributed by atoms with E-state index in [0.717, 1.165) is 27.8 Å². The molecule has 0 saturated carbocycles. The Morgan fingerprint density at radius 1 is 1.21 bits per heavy atom. The Hall–Kier alpha value is -2.66. The van der Waals surface area contributed by atoms with Gasteiger partial charge in [0.05, 0.1) is 0 Å². The lowest BCUT2D eigenvalue weighted by Gasteiger charge is -2.12. The molecule has 0 spiro atoms. The molecule has 0 saturated heterocycles. The average molecular weight is 323 g/mol. The quantitative estimate of drug-likeness (QED) is 0.756. The number of benzene rings is 2. The fraction of sp³-hybridized carbons (Fsp3) is 0.263. The average Bonchev–Trinajstić information content (AvgIpc) is 2.99. The number of aromatic nitrogens is 1. The van der Waals surface area contributed by atoms with Crippen LogP contribution in [-0.2, 0) is 11.2 Å². The minimum Gasteiger partial charge on any atom is -0.441 e. The SMILES string of the molecule is Cc1ccc(C(N)C(=O)NCCc2nc3c(C)cccc3o2)cc1. The Bertz CT molecular complexity index is 853. The van der Waals surface area contributed by atoms with E-state index in [4.69, 9.17) is 10.2 Å². The number of hydrogen-bond acceptors (Lipinski definition) is 4. The Morgan fingerprint density at radius 2 is 1.96 bits per heavy atom. The molecule has 1 heterocycles. The van der Waals surface area contributed by atoms with Gasteiger partial charge in [0.2, 0.25) is 5.91 Å². The van der Waals surface area contributed by atoms with Crippen molar-refractivity contribution in [2.24, 2.45) is 5.73 Å². The summed E-state index contributed by atoms with van der Waals surface area (Å²) in [6.45, 7) is 4.43. The number of aryl methyl sites for hydroxylation is 2. The molecule has 0 radical (unpaired) electrons. The summed E-state index contributed by atoms with van der Waals surface area (Å²) < 4.78 is 5.70. The van der Waals surface area contributed by atoms with E-state index in [1.807, 2.05) is 56.3 Å². The molecule has 0 aliphatic heterocycles. The largest absolute Gasteiger partial charge is 0.441 e. The second-order valence-electron chi connectivity index (χ2n) is 5.96. The molecule has 1 aromatic heterocycles. The minimum absolute atomic E-state index is 0.203. The molecular weight excluding hydrogens is 302 g/mol. The van der Waals surface area contributed by atoms with E-state index < -0.39 is 6.04 Å². The van der Waals surface area contributed by atoms with E-state index in [2.05, 4.69) is 10.3 Å². The molecule has 1 atom stereocenters. The number of para-hydroxylation sites is 1. The van der Waals surface area contributed by atoms with Crippen LogP contribution in [0.3, 0.4) is 0 Å². The van der Waals surface area contributed by atoms with Gasteiger partial charge in [0.25, 0.3) is 0 Å². The fourth-order valence-corrected chi connectivity index (χ4v) is 2.57. The van der Waals surface area contributed by atoms with Crippen molar-refractivity contribution in [1.29, 1.82) is 0 Å². The highest BCUT2D eigenvalue weighted by Crippen LogP contribution is 2.19. The van der Waals surface area contributed by atoms with Crippen LogP contribution in [0.2, 0.25) is 0 Å². The van der Waals surface area contributed by atoms with E-state index in [1.165, 1.54) is 0 Å². The molecule has 0 bridgehead atoms. The highest BCUT2D eigenvalue weighted by molar-refractivity contribution is 5.83. The van der Waals surface area contributed by atoms with Gasteiger partial charge in [0.1, 0.15) is 11.6 Å². The van der Waals surface area contributed by atoms with Gasteiger partial charge in [-0.25, -0.2) is 4.98 Å². The zero-order valence-corrected chi connectivity index (χ0v) is 13.9. The van der Waals surface area contributed by atoms with Gasteiger partial charge in [0.15, 0.2) is 11.5 Å². The highest BCUT2D eigenvalue weighted by Gasteiger charge is 2.15. The van der Waals surface area contributed by atoms with Crippen molar-refractivity contribution in [2.75, 3.05) is 6.54 Å². The maximum absolute atomic E-state index is 12.2. The van der Waals surface area contributed by atoms with Crippen LogP contribution in [0.4, 0.5) is 0 Å². The smallest absolute Gasteiger partial charge is 0.241 e. The van der Waals surface area contributed by atoms with Crippen molar-refractivity contribution in [1.82, 2.24) is 10.3 Å². The van der Waals surface area contributed by atoms with Gasteiger partial charge >= 0.3 is 0 Å². The van der Waals surface area contributed by atoms with E-state index in [0.29, 0.717) is 18.9 Å². The predicted octanol–water partition coefficient (Wildman–Crippen LogP) is 2.80. The Balaban J connectivity index is 1.57. The van der Waals surface area contributed by atoms with Gasteiger partial charge in [0, 0.05) is 13.0 Å². The van der Waals surface area contributed by atoms with Crippen LogP contribution in [0.5, 0.6) is 0 Å². The molecule has 5 heteroatoms. The third kappa shape index (κ3) is 3.46. The van der Waals surface area contributed by atoms with Crippen LogP contribution < -0.4 is 11.1 Å². The third-order valence-corrected chi connectivity index (χ3v) is 4.02. The number of fused-ring (bicyclic) bond motifs is 1. The number of nitrogens with zero attached hydrogens (tertiary/aromatic N) is 1. The van der Waals surface area contributed by atoms with Crippen LogP contribution in [0.15, 0.2) is 46.9 Å². The molecule has 0 fully saturated rings. The summed E-state index contributed by atoms with van der Waals surface area (Å²) >= 11 is 0. The molecule has 3 rings (SSSR count). The van der Waals surface area contributed by atoms with Crippen molar-refractivity contribution in [3.05, 3.63) is 65.0 Å². The molecular formula is C19H21N3O2. The third-order valence-electron chi connectivity index (χ3n) is 4.02. The number of nitrogens with one attached hydrogen (secondary N) is 1. The lowest BCUT2D eigenvalue weighted by molar-refractivity contribution is -0.122. The van der Waals surface area contributed by atoms with Crippen molar-refractivity contribution in [2.45, 2.75) is 26.3 Å². The predicted molar refractivity (Wildman–Crippen MR) is 93.6 cm³/mol. The van der Waals surface area contributed by atoms with E-state index in [1.54, 1.807) is 0 Å². The van der Waals surface area contributed by atoms with Crippen molar-refractivity contribution in [3.8, 4) is 0 Å². The van der Waals surface area contributed by atoms with Gasteiger partial charge in [-0.3, -0.25) is 4.79 Å². The molecule has 0 aliphatic rings. The summed E-state index contributed by atoms with van der Waals surface area (Å²) in [4.78, 5) is 16.6. The first-order chi connectivity index (χ1) is 11.5. The standard InChI is InChI=1S/C19H21N3O2/c1-12-6-8-14(9-7-12)17(20)19(23)21-11-10-16-22-18-13(2)4-3-5-15(18)24-16/h3-9,17H,10-11,20H2,1-2H3,(H,21,23). The number of nitrogens with two attached hydrogens (primary N) is 1. The Labute approximate surface area is 140 Å². The summed E-state index contributed by atoms with van der Waals surface area (Å²) in [5, 5.41) is 2.84. The van der Waals surface area contributed by atoms with Gasteiger partial charge in [-0.2, -0.15) is 0 Å². The number of carbonyl (C=O) groups is 1. The Morgan fingerprint density at radius 3 is 2.67 bits per heavy atom. The summed E-state index contributed by atoms with van der Waals surface area (Å²) in [7, 11) is 0. The van der Waals surface area contributed by atoms with Crippen molar-refractivity contribution in [3.63, 3.8) is 0 Å². The summed E-state index contributed by atoms with van der Waals surface area (Å²) in [5.41, 5.74) is 10.7. The van der Waals surface area contributed by atoms with E-state index in [-0.39, 0.29) is 5.91 Å². The lowest BCUT2D eigenvalue weighted by atomic mass is 10.1. The van der Waals surface area contributed by atoms with Crippen LogP contribution in [0.25, 0.3) is 11.1 Å². The first-order valence-corrected chi connectivity index (χ1v) is 7.99. The van der Waals surface area contributed by atoms with Crippen LogP contribution in [0.1, 0.15) is 28.6 Å². The normalized spacial score (nSPS) is 12.3. The first kappa shape index (κ1) is 16.2. The van der Waals surface area contributed by atoms with E-state index in [9.17, 15) is 4.79 Å². The second-order valence-corrected chi connectivity index (χ2v) is 5.96. The molecule has 124 valence electrons. The Kier molecular flexibility index (Phi) is 4.62. The molecule has 3 aromatic rings. The molecule has 1 unspecified atom stereocenters. The molecule has 2 aromatic carbocycles. The maximum atomic E-state index is 12.2. The number of amides is 1. The highest BCUT2D eigenvalue weighted by atomic mass is 16.3. The summed E-state index contributed by atoms with van der Waals surface area (Å²) in [6.07, 6.45) is 0.528. The van der Waals surface area contributed by atoms with Crippen molar-refractivity contribution >= 4 is 17.0 Å². The van der Waals surface area contributed by atoms with Gasteiger partial charge < -0.3 is 15.5 Å². The zero-order chi connectivity index (χ0) is 17.1. The molecule has 5 nitrogen and oxygen atoms in total. The summed E-state index contributed by atoms with van der Waals surface area (Å²) in [6, 6.07) is 12.8. The fourth-order valence-electron chi connectivity index (χ4n) is 2.57. The minimum atomic E-state index is -0.670. The van der Waals surface area contributed by atoms with E-state index >= 15 is 0 Å². The van der Waals surface area contributed by atoms with Gasteiger partial charge in [-0.1, -0.05) is 42.0 Å². The summed E-state index contributed by atoms with van der Waals surface area (Å²) in [5.74, 6) is 0.412. The number of rotatable bonds is 5. The first-order valence-electron chi connectivity index (χ1n) is 7.99. The van der Waals surface area contributed by atoms with Crippen LogP contribution in [-0.4, -0.2) is 17.4 Å². The number of carbonyl (C=O) groups excluding carboxylic acids is 1. The maximum Gasteiger partial charge on any atom is 0.241 e. The van der Waals surface area contributed by atoms with Crippen LogP contribution >= 0.6 is 0 Å². The van der Waals surface area contributed by atoms with Gasteiger partial charge in [-0.05, 0) is 31.0 Å². The molecule has 0 aliphatic carbocycles. The van der Waals surface area contributed by atoms with Gasteiger partial charge in [-0.15, -0.1) is 0 Å². The van der Waals surface area contributed by atoms with Crippen molar-refractivity contribution < 1.29 is 9.21 Å². The topological polar surface area (TPSA) is 81.2 Å².